The molecule has 7 atom stereocenters. The Morgan fingerprint density at radius 1 is 1.25 bits per heavy atom. The summed E-state index contributed by atoms with van der Waals surface area (Å²) < 4.78 is 7.20. The second-order valence-corrected chi connectivity index (χ2v) is 12.0. The first-order valence-corrected chi connectivity index (χ1v) is 13.1. The van der Waals surface area contributed by atoms with E-state index in [1.165, 1.54) is 5.57 Å². The summed E-state index contributed by atoms with van der Waals surface area (Å²) in [6.07, 6.45) is 8.08. The van der Waals surface area contributed by atoms with Gasteiger partial charge in [0.25, 0.3) is 5.91 Å². The van der Waals surface area contributed by atoms with Crippen molar-refractivity contribution in [3.8, 4) is 0 Å². The average molecular weight is 492 g/mol. The Morgan fingerprint density at radius 2 is 2.03 bits per heavy atom. The molecule has 192 valence electrons. The normalized spacial score (nSPS) is 40.9. The minimum absolute atomic E-state index is 0.0626. The maximum absolute atomic E-state index is 13.6. The van der Waals surface area contributed by atoms with Crippen LogP contribution < -0.4 is 5.32 Å². The summed E-state index contributed by atoms with van der Waals surface area (Å²) in [4.78, 5) is 19.9. The van der Waals surface area contributed by atoms with Gasteiger partial charge in [-0.25, -0.2) is 0 Å². The molecule has 1 amide bonds. The number of carbonyl (C=O) groups excluding carboxylic acids is 1. The minimum atomic E-state index is -0.943. The number of rotatable bonds is 3. The fraction of sp³-hybridized carbons (Fsp3) is 0.586. The Kier molecular flexibility index (Phi) is 5.24. The standard InChI is InChI=1S/C29H37N3O4/c1-16-14-27(3)18(26(35)31-21-7-6-12-30-17(21)2)8-9-23(27)29-11-10-28(36-29)15-22(32(4)5)25(34)24(33)20(28)13-19(16)29/h6-8,12-13,22-25,33-34H,9-11,14-15H2,1-5H3,(H,31,35). The molecular formula is C29H37N3O4. The van der Waals surface area contributed by atoms with E-state index in [2.05, 4.69) is 36.3 Å². The van der Waals surface area contributed by atoms with E-state index in [-0.39, 0.29) is 23.3 Å². The van der Waals surface area contributed by atoms with Gasteiger partial charge in [-0.15, -0.1) is 0 Å². The van der Waals surface area contributed by atoms with Gasteiger partial charge in [0.05, 0.1) is 28.7 Å². The molecule has 5 aliphatic rings. The molecule has 3 aliphatic carbocycles. The molecule has 3 N–H and O–H groups in total. The number of likely N-dealkylation sites (N-methyl/N-ethyl adjacent to an activating group) is 1. The summed E-state index contributed by atoms with van der Waals surface area (Å²) in [5.41, 5.74) is 4.14. The Morgan fingerprint density at radius 3 is 2.75 bits per heavy atom. The van der Waals surface area contributed by atoms with Gasteiger partial charge in [0.2, 0.25) is 0 Å². The van der Waals surface area contributed by atoms with Gasteiger partial charge in [-0.2, -0.15) is 0 Å². The Hall–Kier alpha value is -2.32. The number of anilines is 1. The third-order valence-electron chi connectivity index (χ3n) is 9.89. The molecule has 2 fully saturated rings. The SMILES string of the molecule is CC1=C2C=C3C(O)C(O)C(N(C)C)CC34CCC2(O4)C2CC=C(C(=O)Nc3cccnc3C)C2(C)C1. The smallest absolute Gasteiger partial charge is 0.251 e. The van der Waals surface area contributed by atoms with Gasteiger partial charge in [0.1, 0.15) is 6.10 Å². The quantitative estimate of drug-likeness (QED) is 0.601. The first-order chi connectivity index (χ1) is 17.0. The number of carbonyl (C=O) groups is 1. The van der Waals surface area contributed by atoms with E-state index in [0.29, 0.717) is 6.42 Å². The summed E-state index contributed by atoms with van der Waals surface area (Å²) in [5, 5.41) is 25.2. The lowest BCUT2D eigenvalue weighted by atomic mass is 9.57. The fourth-order valence-electron chi connectivity index (χ4n) is 8.16. The lowest BCUT2D eigenvalue weighted by molar-refractivity contribution is -0.164. The fourth-order valence-corrected chi connectivity index (χ4v) is 8.16. The van der Waals surface area contributed by atoms with E-state index in [9.17, 15) is 15.0 Å². The molecule has 0 aromatic carbocycles. The highest BCUT2D eigenvalue weighted by Crippen LogP contribution is 2.67. The Bertz CT molecular complexity index is 1230. The summed E-state index contributed by atoms with van der Waals surface area (Å²) in [5.74, 6) is 0.0748. The molecule has 7 heteroatoms. The topological polar surface area (TPSA) is 94.9 Å². The van der Waals surface area contributed by atoms with Crippen LogP contribution in [0.5, 0.6) is 0 Å². The van der Waals surface area contributed by atoms with Crippen LogP contribution in [-0.4, -0.2) is 69.6 Å². The second-order valence-electron chi connectivity index (χ2n) is 12.0. The molecular weight excluding hydrogens is 454 g/mol. The van der Waals surface area contributed by atoms with Gasteiger partial charge in [-0.05, 0) is 83.3 Å². The van der Waals surface area contributed by atoms with E-state index in [4.69, 9.17) is 4.74 Å². The highest BCUT2D eigenvalue weighted by atomic mass is 16.5. The van der Waals surface area contributed by atoms with Crippen LogP contribution in [0.3, 0.4) is 0 Å². The number of ether oxygens (including phenoxy) is 1. The van der Waals surface area contributed by atoms with Crippen molar-refractivity contribution in [3.63, 3.8) is 0 Å². The number of aliphatic hydroxyl groups excluding tert-OH is 2. The predicted octanol–water partition coefficient (Wildman–Crippen LogP) is 3.29. The van der Waals surface area contributed by atoms with Crippen molar-refractivity contribution < 1.29 is 19.7 Å². The van der Waals surface area contributed by atoms with E-state index in [1.54, 1.807) is 6.20 Å². The number of allylic oxidation sites excluding steroid dienone is 2. The van der Waals surface area contributed by atoms with Gasteiger partial charge in [0.15, 0.2) is 0 Å². The van der Waals surface area contributed by atoms with Crippen LogP contribution >= 0.6 is 0 Å². The molecule has 0 radical (unpaired) electrons. The van der Waals surface area contributed by atoms with Gasteiger partial charge >= 0.3 is 0 Å². The minimum Gasteiger partial charge on any atom is -0.388 e. The van der Waals surface area contributed by atoms with E-state index in [1.807, 2.05) is 38.1 Å². The van der Waals surface area contributed by atoms with Crippen molar-refractivity contribution in [2.75, 3.05) is 19.4 Å². The summed E-state index contributed by atoms with van der Waals surface area (Å²) in [6.45, 7) is 6.25. The van der Waals surface area contributed by atoms with Crippen LogP contribution in [0.25, 0.3) is 0 Å². The lowest BCUT2D eigenvalue weighted by Crippen LogP contribution is -2.62. The number of nitrogens with zero attached hydrogens (tertiary/aromatic N) is 2. The van der Waals surface area contributed by atoms with Crippen LogP contribution in [0.2, 0.25) is 0 Å². The zero-order chi connectivity index (χ0) is 25.6. The van der Waals surface area contributed by atoms with Crippen LogP contribution in [-0.2, 0) is 9.53 Å². The molecule has 2 spiro atoms. The maximum Gasteiger partial charge on any atom is 0.251 e. The molecule has 1 saturated carbocycles. The third kappa shape index (κ3) is 3.06. The van der Waals surface area contributed by atoms with Crippen LogP contribution in [0.15, 0.2) is 52.8 Å². The number of aromatic nitrogens is 1. The van der Waals surface area contributed by atoms with Gasteiger partial charge in [-0.1, -0.05) is 24.6 Å². The highest BCUT2D eigenvalue weighted by Gasteiger charge is 2.68. The maximum atomic E-state index is 13.6. The summed E-state index contributed by atoms with van der Waals surface area (Å²) >= 11 is 0. The van der Waals surface area contributed by atoms with Crippen molar-refractivity contribution in [2.24, 2.45) is 11.3 Å². The molecule has 1 aromatic rings. The molecule has 36 heavy (non-hydrogen) atoms. The Balaban J connectivity index is 1.38. The van der Waals surface area contributed by atoms with E-state index < -0.39 is 23.4 Å². The predicted molar refractivity (Wildman–Crippen MR) is 137 cm³/mol. The largest absolute Gasteiger partial charge is 0.388 e. The first kappa shape index (κ1) is 24.0. The van der Waals surface area contributed by atoms with Crippen molar-refractivity contribution in [2.45, 2.75) is 82.3 Å². The molecule has 7 unspecified atom stereocenters. The summed E-state index contributed by atoms with van der Waals surface area (Å²) in [7, 11) is 3.89. The second kappa shape index (κ2) is 7.84. The number of fused-ring (bicyclic) bond motifs is 1. The lowest BCUT2D eigenvalue weighted by Gasteiger charge is -2.56. The average Bonchev–Trinajstić information content (AvgIpc) is 3.33. The van der Waals surface area contributed by atoms with Crippen molar-refractivity contribution >= 4 is 11.6 Å². The van der Waals surface area contributed by atoms with Crippen LogP contribution in [0.1, 0.15) is 51.6 Å². The van der Waals surface area contributed by atoms with Gasteiger partial charge < -0.3 is 25.2 Å². The molecule has 2 bridgehead atoms. The monoisotopic (exact) mass is 491 g/mol. The summed E-state index contributed by atoms with van der Waals surface area (Å²) in [6, 6.07) is 3.54. The molecule has 2 aliphatic heterocycles. The number of amides is 1. The highest BCUT2D eigenvalue weighted by molar-refractivity contribution is 6.05. The number of aryl methyl sites for hydroxylation is 1. The van der Waals surface area contributed by atoms with Crippen LogP contribution in [0, 0.1) is 18.3 Å². The van der Waals surface area contributed by atoms with E-state index >= 15 is 0 Å². The molecule has 6 rings (SSSR count). The zero-order valence-electron chi connectivity index (χ0n) is 21.8. The molecule has 3 heterocycles. The van der Waals surface area contributed by atoms with Crippen LogP contribution in [0.4, 0.5) is 5.69 Å². The number of pyridine rings is 1. The van der Waals surface area contributed by atoms with Crippen molar-refractivity contribution in [3.05, 3.63) is 58.5 Å². The third-order valence-corrected chi connectivity index (χ3v) is 9.89. The molecule has 1 aromatic heterocycles. The number of aliphatic hydroxyl groups is 2. The zero-order valence-corrected chi connectivity index (χ0v) is 21.8. The van der Waals surface area contributed by atoms with E-state index in [0.717, 1.165) is 53.8 Å². The Labute approximate surface area is 212 Å². The first-order valence-electron chi connectivity index (χ1n) is 13.1. The molecule has 1 saturated heterocycles. The number of hydrogen-bond donors (Lipinski definition) is 3. The van der Waals surface area contributed by atoms with Crippen molar-refractivity contribution in [1.29, 1.82) is 0 Å². The number of nitrogens with one attached hydrogen (secondary N) is 1. The van der Waals surface area contributed by atoms with Gasteiger partial charge in [-0.3, -0.25) is 9.78 Å². The number of hydrogen-bond acceptors (Lipinski definition) is 6. The van der Waals surface area contributed by atoms with Gasteiger partial charge in [0, 0.05) is 29.1 Å². The molecule has 7 nitrogen and oxygen atoms in total. The van der Waals surface area contributed by atoms with Crippen molar-refractivity contribution in [1.82, 2.24) is 9.88 Å².